The van der Waals surface area contributed by atoms with Gasteiger partial charge in [-0.15, -0.1) is 0 Å². The van der Waals surface area contributed by atoms with E-state index in [0.29, 0.717) is 0 Å². The van der Waals surface area contributed by atoms with E-state index in [0.717, 1.165) is 17.8 Å². The first-order chi connectivity index (χ1) is 11.8. The lowest BCUT2D eigenvalue weighted by molar-refractivity contribution is -1.02. The molecule has 2 fully saturated rings. The Kier molecular flexibility index (Phi) is 3.72. The lowest BCUT2D eigenvalue weighted by Crippen LogP contribution is -3.27. The van der Waals surface area contributed by atoms with Gasteiger partial charge in [-0.1, -0.05) is 30.4 Å². The van der Waals surface area contributed by atoms with Gasteiger partial charge in [-0.3, -0.25) is 0 Å². The first-order valence-electron chi connectivity index (χ1n) is 9.75. The Hall–Kier alpha value is -1.58. The van der Waals surface area contributed by atoms with E-state index in [4.69, 9.17) is 0 Å². The third-order valence-corrected chi connectivity index (χ3v) is 6.75. The molecule has 3 heteroatoms. The second-order valence-electron chi connectivity index (χ2n) is 8.28. The first kappa shape index (κ1) is 14.7. The summed E-state index contributed by atoms with van der Waals surface area (Å²) in [7, 11) is 0. The van der Waals surface area contributed by atoms with Gasteiger partial charge in [0.25, 0.3) is 0 Å². The molecule has 0 spiro atoms. The summed E-state index contributed by atoms with van der Waals surface area (Å²) in [6, 6.07) is 8.70. The van der Waals surface area contributed by atoms with Crippen LogP contribution in [0.5, 0.6) is 0 Å². The molecule has 126 valence electrons. The molecule has 1 aromatic heterocycles. The van der Waals surface area contributed by atoms with Gasteiger partial charge in [0.05, 0.1) is 6.54 Å². The van der Waals surface area contributed by atoms with Gasteiger partial charge >= 0.3 is 0 Å². The van der Waals surface area contributed by atoms with Crippen LogP contribution in [0.4, 0.5) is 0 Å². The van der Waals surface area contributed by atoms with Crippen LogP contribution in [0.2, 0.25) is 0 Å². The van der Waals surface area contributed by atoms with Crippen LogP contribution in [-0.4, -0.2) is 37.7 Å². The number of piperazine rings is 1. The van der Waals surface area contributed by atoms with E-state index in [1.54, 1.807) is 4.90 Å². The Morgan fingerprint density at radius 3 is 2.58 bits per heavy atom. The molecule has 2 aliphatic carbocycles. The minimum atomic E-state index is 0.916. The highest BCUT2D eigenvalue weighted by molar-refractivity contribution is 5.82. The number of quaternary nitrogens is 2. The van der Waals surface area contributed by atoms with Crippen LogP contribution in [0.15, 0.2) is 42.6 Å². The zero-order valence-corrected chi connectivity index (χ0v) is 14.4. The maximum Gasteiger partial charge on any atom is 0.127 e. The standard InChI is InChI=1S/C21H27N3/c1-2-4-21-20(3-1)19(13-22-21)15-24-9-7-23(8-10-24)14-18-12-16-5-6-17(18)11-16/h1-6,13,16-18,22H,7-12,14-15H2/p+2/t16-,17-,18-/m0/s1. The van der Waals surface area contributed by atoms with Crippen LogP contribution in [0.25, 0.3) is 10.9 Å². The Morgan fingerprint density at radius 2 is 1.79 bits per heavy atom. The molecule has 0 unspecified atom stereocenters. The summed E-state index contributed by atoms with van der Waals surface area (Å²) in [5.41, 5.74) is 2.77. The highest BCUT2D eigenvalue weighted by Gasteiger charge is 2.38. The predicted molar refractivity (Wildman–Crippen MR) is 97.1 cm³/mol. The molecule has 2 bridgehead atoms. The van der Waals surface area contributed by atoms with Crippen molar-refractivity contribution in [3.05, 3.63) is 48.2 Å². The highest BCUT2D eigenvalue weighted by atomic mass is 15.3. The van der Waals surface area contributed by atoms with Crippen LogP contribution in [0, 0.1) is 17.8 Å². The van der Waals surface area contributed by atoms with Gasteiger partial charge in [0.1, 0.15) is 32.7 Å². The zero-order chi connectivity index (χ0) is 15.9. The lowest BCUT2D eigenvalue weighted by atomic mass is 9.93. The number of hydrogen-bond acceptors (Lipinski definition) is 0. The summed E-state index contributed by atoms with van der Waals surface area (Å²) in [5, 5.41) is 1.41. The molecular formula is C21H29N3+2. The first-order valence-corrected chi connectivity index (χ1v) is 9.75. The number of nitrogens with one attached hydrogen (secondary N) is 3. The third-order valence-electron chi connectivity index (χ3n) is 6.75. The molecule has 3 nitrogen and oxygen atoms in total. The van der Waals surface area contributed by atoms with Crippen LogP contribution in [0.3, 0.4) is 0 Å². The van der Waals surface area contributed by atoms with Crippen molar-refractivity contribution in [1.82, 2.24) is 4.98 Å². The number of H-pyrrole nitrogens is 1. The van der Waals surface area contributed by atoms with Crippen molar-refractivity contribution in [3.8, 4) is 0 Å². The zero-order valence-electron chi connectivity index (χ0n) is 14.4. The smallest absolute Gasteiger partial charge is 0.127 e. The minimum Gasteiger partial charge on any atom is -0.361 e. The molecule has 3 atom stereocenters. The lowest BCUT2D eigenvalue weighted by Gasteiger charge is -2.32. The molecule has 2 aromatic rings. The Morgan fingerprint density at radius 1 is 0.958 bits per heavy atom. The summed E-state index contributed by atoms with van der Waals surface area (Å²) < 4.78 is 0. The molecule has 3 aliphatic rings. The second kappa shape index (κ2) is 6.05. The monoisotopic (exact) mass is 323 g/mol. The van der Waals surface area contributed by atoms with Crippen LogP contribution < -0.4 is 9.80 Å². The second-order valence-corrected chi connectivity index (χ2v) is 8.28. The number of para-hydroxylation sites is 1. The number of fused-ring (bicyclic) bond motifs is 3. The molecule has 1 saturated carbocycles. The number of hydrogen-bond donors (Lipinski definition) is 3. The fourth-order valence-electron chi connectivity index (χ4n) is 5.39. The average Bonchev–Trinajstić information content (AvgIpc) is 3.33. The predicted octanol–water partition coefficient (Wildman–Crippen LogP) is 0.664. The number of allylic oxidation sites excluding steroid dienone is 2. The summed E-state index contributed by atoms with van der Waals surface area (Å²) in [4.78, 5) is 7.05. The Labute approximate surface area is 144 Å². The SMILES string of the molecule is C1=C[C@H]2C[C@H]1C[C@H]2C[NH+]1CC[NH+](Cc2c[nH]c3ccccc23)CC1. The fraction of sp³-hybridized carbons (Fsp3) is 0.524. The van der Waals surface area contributed by atoms with Gasteiger partial charge in [-0.2, -0.15) is 0 Å². The quantitative estimate of drug-likeness (QED) is 0.689. The largest absolute Gasteiger partial charge is 0.361 e. The summed E-state index contributed by atoms with van der Waals surface area (Å²) in [5.74, 6) is 2.82. The van der Waals surface area contributed by atoms with Crippen LogP contribution in [-0.2, 0) is 6.54 Å². The number of benzene rings is 1. The minimum absolute atomic E-state index is 0.916. The maximum absolute atomic E-state index is 3.43. The van der Waals surface area contributed by atoms with Gasteiger partial charge in [0.2, 0.25) is 0 Å². The average molecular weight is 323 g/mol. The van der Waals surface area contributed by atoms with Crippen molar-refractivity contribution in [1.29, 1.82) is 0 Å². The van der Waals surface area contributed by atoms with Gasteiger partial charge in [-0.05, 0) is 30.7 Å². The molecular weight excluding hydrogens is 294 g/mol. The number of aromatic amines is 1. The van der Waals surface area contributed by atoms with Gasteiger partial charge in [-0.25, -0.2) is 0 Å². The van der Waals surface area contributed by atoms with Crippen LogP contribution in [0.1, 0.15) is 18.4 Å². The van der Waals surface area contributed by atoms with Crippen molar-refractivity contribution in [3.63, 3.8) is 0 Å². The molecule has 1 saturated heterocycles. The molecule has 3 N–H and O–H groups in total. The number of aromatic nitrogens is 1. The van der Waals surface area contributed by atoms with Crippen molar-refractivity contribution in [2.75, 3.05) is 32.7 Å². The van der Waals surface area contributed by atoms with Gasteiger partial charge < -0.3 is 14.8 Å². The van der Waals surface area contributed by atoms with E-state index >= 15 is 0 Å². The summed E-state index contributed by atoms with van der Waals surface area (Å²) in [6.45, 7) is 7.96. The molecule has 1 aliphatic heterocycles. The summed E-state index contributed by atoms with van der Waals surface area (Å²) >= 11 is 0. The summed E-state index contributed by atoms with van der Waals surface area (Å²) in [6.07, 6.45) is 10.1. The Bertz CT molecular complexity index is 738. The van der Waals surface area contributed by atoms with Crippen molar-refractivity contribution >= 4 is 10.9 Å². The number of rotatable bonds is 4. The van der Waals surface area contributed by atoms with E-state index < -0.39 is 0 Å². The fourth-order valence-corrected chi connectivity index (χ4v) is 5.39. The van der Waals surface area contributed by atoms with E-state index in [1.807, 2.05) is 4.90 Å². The normalized spacial score (nSPS) is 35.1. The molecule has 0 amide bonds. The topological polar surface area (TPSA) is 24.7 Å². The van der Waals surface area contributed by atoms with Crippen molar-refractivity contribution in [2.24, 2.45) is 17.8 Å². The molecule has 1 aromatic carbocycles. The van der Waals surface area contributed by atoms with Gasteiger partial charge in [0, 0.05) is 28.6 Å². The van der Waals surface area contributed by atoms with E-state index in [9.17, 15) is 0 Å². The molecule has 0 radical (unpaired) electrons. The molecule has 2 heterocycles. The van der Waals surface area contributed by atoms with Crippen LogP contribution >= 0.6 is 0 Å². The van der Waals surface area contributed by atoms with E-state index in [2.05, 4.69) is 47.6 Å². The van der Waals surface area contributed by atoms with E-state index in [-0.39, 0.29) is 0 Å². The van der Waals surface area contributed by atoms with E-state index in [1.165, 1.54) is 68.6 Å². The highest BCUT2D eigenvalue weighted by Crippen LogP contribution is 2.42. The third kappa shape index (κ3) is 2.70. The molecule has 5 rings (SSSR count). The van der Waals surface area contributed by atoms with Crippen molar-refractivity contribution < 1.29 is 9.80 Å². The Balaban J connectivity index is 1.16. The van der Waals surface area contributed by atoms with Crippen molar-refractivity contribution in [2.45, 2.75) is 19.4 Å². The molecule has 24 heavy (non-hydrogen) atoms. The maximum atomic E-state index is 3.43. The van der Waals surface area contributed by atoms with Gasteiger partial charge in [0.15, 0.2) is 0 Å².